The predicted octanol–water partition coefficient (Wildman–Crippen LogP) is 6.01. The van der Waals surface area contributed by atoms with Crippen molar-refractivity contribution in [3.8, 4) is 0 Å². The summed E-state index contributed by atoms with van der Waals surface area (Å²) in [5.74, 6) is -0.142. The average molecular weight is 417 g/mol. The number of nitro benzene ring substituents is 1. The first-order valence-electron chi connectivity index (χ1n) is 8.96. The van der Waals surface area contributed by atoms with Crippen molar-refractivity contribution in [3.63, 3.8) is 0 Å². The van der Waals surface area contributed by atoms with Gasteiger partial charge in [-0.1, -0.05) is 26.0 Å². The van der Waals surface area contributed by atoms with Crippen LogP contribution in [0.1, 0.15) is 30.9 Å². The Balaban J connectivity index is 1.89. The van der Waals surface area contributed by atoms with E-state index in [1.807, 2.05) is 12.1 Å². The molecule has 0 radical (unpaired) electrons. The molecule has 0 aliphatic heterocycles. The molecule has 0 unspecified atom stereocenters. The average Bonchev–Trinajstić information content (AvgIpc) is 2.68. The molecule has 1 heterocycles. The Morgan fingerprint density at radius 3 is 2.07 bits per heavy atom. The number of non-ortho nitro benzene ring substituents is 1. The fraction of sp³-hybridized carbons (Fsp3) is 0.200. The fourth-order valence-corrected chi connectivity index (χ4v) is 2.63. The minimum Gasteiger partial charge on any atom is -0.340 e. The molecule has 0 aliphatic carbocycles. The summed E-state index contributed by atoms with van der Waals surface area (Å²) in [6.07, 6.45) is -3.99. The highest BCUT2D eigenvalue weighted by Crippen LogP contribution is 2.35. The van der Waals surface area contributed by atoms with Crippen molar-refractivity contribution in [3.05, 3.63) is 76.0 Å². The second-order valence-corrected chi connectivity index (χ2v) is 6.78. The second-order valence-electron chi connectivity index (χ2n) is 6.78. The van der Waals surface area contributed by atoms with Crippen molar-refractivity contribution in [1.29, 1.82) is 0 Å². The molecular weight excluding hydrogens is 399 g/mol. The lowest BCUT2D eigenvalue weighted by Crippen LogP contribution is -2.12. The Morgan fingerprint density at radius 2 is 1.53 bits per heavy atom. The largest absolute Gasteiger partial charge is 0.421 e. The summed E-state index contributed by atoms with van der Waals surface area (Å²) in [5.41, 5.74) is 0.736. The lowest BCUT2D eigenvalue weighted by molar-refractivity contribution is -0.384. The Morgan fingerprint density at radius 1 is 0.967 bits per heavy atom. The van der Waals surface area contributed by atoms with E-state index in [4.69, 9.17) is 0 Å². The topological polar surface area (TPSA) is 93.0 Å². The molecule has 3 aromatic rings. The van der Waals surface area contributed by atoms with Crippen molar-refractivity contribution in [1.82, 2.24) is 9.97 Å². The number of hydrogen-bond donors (Lipinski definition) is 2. The van der Waals surface area contributed by atoms with Gasteiger partial charge in [0.25, 0.3) is 5.69 Å². The third-order valence-corrected chi connectivity index (χ3v) is 4.27. The maximum atomic E-state index is 13.4. The van der Waals surface area contributed by atoms with Crippen molar-refractivity contribution >= 4 is 28.8 Å². The van der Waals surface area contributed by atoms with E-state index in [-0.39, 0.29) is 17.3 Å². The number of nitrogens with one attached hydrogen (secondary N) is 2. The molecular formula is C20H18F3N5O2. The number of nitrogens with zero attached hydrogens (tertiary/aromatic N) is 3. The van der Waals surface area contributed by atoms with E-state index in [0.29, 0.717) is 17.8 Å². The zero-order valence-electron chi connectivity index (χ0n) is 16.1. The molecule has 0 saturated heterocycles. The van der Waals surface area contributed by atoms with E-state index in [0.717, 1.165) is 5.56 Å². The van der Waals surface area contributed by atoms with Gasteiger partial charge in [-0.05, 0) is 35.7 Å². The van der Waals surface area contributed by atoms with Gasteiger partial charge in [0.15, 0.2) is 0 Å². The summed E-state index contributed by atoms with van der Waals surface area (Å²) in [5, 5.41) is 16.2. The number of anilines is 4. The van der Waals surface area contributed by atoms with Crippen molar-refractivity contribution in [2.24, 2.45) is 0 Å². The van der Waals surface area contributed by atoms with Gasteiger partial charge < -0.3 is 10.6 Å². The van der Waals surface area contributed by atoms with Crippen LogP contribution < -0.4 is 10.6 Å². The van der Waals surface area contributed by atoms with Gasteiger partial charge in [-0.15, -0.1) is 0 Å². The molecule has 10 heteroatoms. The summed E-state index contributed by atoms with van der Waals surface area (Å²) in [6, 6.07) is 12.4. The summed E-state index contributed by atoms with van der Waals surface area (Å²) < 4.78 is 40.1. The highest BCUT2D eigenvalue weighted by molar-refractivity contribution is 5.63. The van der Waals surface area contributed by atoms with Crippen LogP contribution in [0.5, 0.6) is 0 Å². The molecule has 0 saturated carbocycles. The van der Waals surface area contributed by atoms with Crippen LogP contribution >= 0.6 is 0 Å². The summed E-state index contributed by atoms with van der Waals surface area (Å²) in [7, 11) is 0. The maximum absolute atomic E-state index is 13.4. The van der Waals surface area contributed by atoms with Gasteiger partial charge in [0.1, 0.15) is 11.4 Å². The summed E-state index contributed by atoms with van der Waals surface area (Å²) in [4.78, 5) is 17.9. The van der Waals surface area contributed by atoms with Crippen LogP contribution in [0.4, 0.5) is 42.0 Å². The predicted molar refractivity (Wildman–Crippen MR) is 107 cm³/mol. The van der Waals surface area contributed by atoms with E-state index in [2.05, 4.69) is 34.4 Å². The zero-order valence-corrected chi connectivity index (χ0v) is 16.1. The standard InChI is InChI=1S/C20H18F3N5O2/c1-12(2)13-3-5-15(6-4-13)26-19-24-11-17(20(21,22)23)18(27-19)25-14-7-9-16(10-8-14)28(29)30/h3-12H,1-2H3,(H2,24,25,26,27). The number of benzene rings is 2. The third-order valence-electron chi connectivity index (χ3n) is 4.27. The molecule has 3 rings (SSSR count). The number of alkyl halides is 3. The van der Waals surface area contributed by atoms with E-state index < -0.39 is 22.5 Å². The number of halogens is 3. The Labute approximate surface area is 170 Å². The van der Waals surface area contributed by atoms with E-state index in [1.54, 1.807) is 12.1 Å². The molecule has 2 N–H and O–H groups in total. The second kappa shape index (κ2) is 8.36. The Bertz CT molecular complexity index is 1040. The Hall–Kier alpha value is -3.69. The highest BCUT2D eigenvalue weighted by Gasteiger charge is 2.35. The monoisotopic (exact) mass is 417 g/mol. The van der Waals surface area contributed by atoms with Gasteiger partial charge in [-0.2, -0.15) is 18.2 Å². The molecule has 0 atom stereocenters. The first kappa shape index (κ1) is 21.0. The minimum absolute atomic E-state index is 0.0234. The summed E-state index contributed by atoms with van der Waals surface area (Å²) in [6.45, 7) is 4.11. The molecule has 0 amide bonds. The lowest BCUT2D eigenvalue weighted by Gasteiger charge is -2.15. The normalized spacial score (nSPS) is 11.4. The van der Waals surface area contributed by atoms with Crippen LogP contribution in [0.25, 0.3) is 0 Å². The Kier molecular flexibility index (Phi) is 5.86. The first-order chi connectivity index (χ1) is 14.1. The van der Waals surface area contributed by atoms with Crippen molar-refractivity contribution in [2.45, 2.75) is 25.9 Å². The number of aromatic nitrogens is 2. The van der Waals surface area contributed by atoms with E-state index >= 15 is 0 Å². The molecule has 0 bridgehead atoms. The van der Waals surface area contributed by atoms with E-state index in [9.17, 15) is 23.3 Å². The van der Waals surface area contributed by atoms with Crippen LogP contribution in [0.2, 0.25) is 0 Å². The van der Waals surface area contributed by atoms with Crippen LogP contribution in [0.3, 0.4) is 0 Å². The highest BCUT2D eigenvalue weighted by atomic mass is 19.4. The maximum Gasteiger partial charge on any atom is 0.421 e. The fourth-order valence-electron chi connectivity index (χ4n) is 2.63. The van der Waals surface area contributed by atoms with Gasteiger partial charge >= 0.3 is 6.18 Å². The quantitative estimate of drug-likeness (QED) is 0.377. The van der Waals surface area contributed by atoms with E-state index in [1.165, 1.54) is 24.3 Å². The van der Waals surface area contributed by atoms with Gasteiger partial charge in [0.2, 0.25) is 5.95 Å². The van der Waals surface area contributed by atoms with Crippen LogP contribution in [0, 0.1) is 10.1 Å². The molecule has 0 fully saturated rings. The van der Waals surface area contributed by atoms with Gasteiger partial charge in [0.05, 0.1) is 4.92 Å². The number of nitro groups is 1. The number of rotatable bonds is 6. The van der Waals surface area contributed by atoms with Crippen LogP contribution in [0.15, 0.2) is 54.7 Å². The van der Waals surface area contributed by atoms with Gasteiger partial charge in [0, 0.05) is 29.7 Å². The van der Waals surface area contributed by atoms with Crippen LogP contribution in [-0.2, 0) is 6.18 Å². The smallest absolute Gasteiger partial charge is 0.340 e. The van der Waals surface area contributed by atoms with Crippen molar-refractivity contribution in [2.75, 3.05) is 10.6 Å². The molecule has 0 aliphatic rings. The SMILES string of the molecule is CC(C)c1ccc(Nc2ncc(C(F)(F)F)c(Nc3ccc([N+](=O)[O-])cc3)n2)cc1. The number of hydrogen-bond acceptors (Lipinski definition) is 6. The van der Waals surface area contributed by atoms with Crippen molar-refractivity contribution < 1.29 is 18.1 Å². The van der Waals surface area contributed by atoms with Gasteiger partial charge in [-0.3, -0.25) is 10.1 Å². The zero-order chi connectivity index (χ0) is 21.9. The molecule has 30 heavy (non-hydrogen) atoms. The molecule has 156 valence electrons. The molecule has 0 spiro atoms. The minimum atomic E-state index is -4.68. The van der Waals surface area contributed by atoms with Crippen LogP contribution in [-0.4, -0.2) is 14.9 Å². The molecule has 2 aromatic carbocycles. The third kappa shape index (κ3) is 5.02. The molecule has 7 nitrogen and oxygen atoms in total. The summed E-state index contributed by atoms with van der Waals surface area (Å²) >= 11 is 0. The first-order valence-corrected chi connectivity index (χ1v) is 8.96. The lowest BCUT2D eigenvalue weighted by atomic mass is 10.0. The molecule has 1 aromatic heterocycles. The van der Waals surface area contributed by atoms with Gasteiger partial charge in [-0.25, -0.2) is 4.98 Å².